The van der Waals surface area contributed by atoms with E-state index in [2.05, 4.69) is 48.4 Å². The minimum absolute atomic E-state index is 0.0140. The smallest absolute Gasteiger partial charge is 0.247 e. The Bertz CT molecular complexity index is 515. The van der Waals surface area contributed by atoms with Crippen LogP contribution < -0.4 is 15.5 Å². The van der Waals surface area contributed by atoms with Gasteiger partial charge >= 0.3 is 0 Å². The molecule has 21 heavy (non-hydrogen) atoms. The lowest BCUT2D eigenvalue weighted by Crippen LogP contribution is -2.58. The lowest BCUT2D eigenvalue weighted by atomic mass is 9.84. The number of rotatable bonds is 1. The van der Waals surface area contributed by atoms with Gasteiger partial charge < -0.3 is 15.5 Å². The molecule has 2 saturated heterocycles. The van der Waals surface area contributed by atoms with Crippen molar-refractivity contribution in [2.24, 2.45) is 5.41 Å². The number of piperidine rings is 1. The normalized spacial score (nSPS) is 25.2. The van der Waals surface area contributed by atoms with Crippen LogP contribution in [0.15, 0.2) is 30.3 Å². The maximum atomic E-state index is 12.8. The van der Waals surface area contributed by atoms with Gasteiger partial charge in [0.2, 0.25) is 5.91 Å². The first-order valence-electron chi connectivity index (χ1n) is 7.81. The average molecular weight is 287 g/mol. The maximum Gasteiger partial charge on any atom is 0.247 e. The molecule has 2 fully saturated rings. The molecule has 1 unspecified atom stereocenters. The second-order valence-corrected chi connectivity index (χ2v) is 7.23. The molecule has 4 heteroatoms. The first-order valence-corrected chi connectivity index (χ1v) is 7.81. The predicted octanol–water partition coefficient (Wildman–Crippen LogP) is 2.12. The van der Waals surface area contributed by atoms with E-state index < -0.39 is 5.54 Å². The molecule has 1 aromatic carbocycles. The summed E-state index contributed by atoms with van der Waals surface area (Å²) in [5.74, 6) is 0.188. The highest BCUT2D eigenvalue weighted by Gasteiger charge is 2.55. The average Bonchev–Trinajstić information content (AvgIpc) is 2.74. The van der Waals surface area contributed by atoms with Crippen LogP contribution in [-0.2, 0) is 4.79 Å². The topological polar surface area (TPSA) is 44.4 Å². The van der Waals surface area contributed by atoms with E-state index in [9.17, 15) is 4.79 Å². The van der Waals surface area contributed by atoms with Crippen LogP contribution in [-0.4, -0.2) is 30.7 Å². The lowest BCUT2D eigenvalue weighted by Gasteiger charge is -2.45. The van der Waals surface area contributed by atoms with Crippen molar-refractivity contribution in [3.8, 4) is 0 Å². The second kappa shape index (κ2) is 5.02. The predicted molar refractivity (Wildman–Crippen MR) is 85.1 cm³/mol. The number of amides is 1. The van der Waals surface area contributed by atoms with Gasteiger partial charge in [-0.1, -0.05) is 39.0 Å². The van der Waals surface area contributed by atoms with Crippen molar-refractivity contribution in [2.75, 3.05) is 18.0 Å². The Balaban J connectivity index is 2.08. The zero-order chi connectivity index (χ0) is 15.1. The standard InChI is InChI=1S/C17H25N3O/c1-16(2,3)14-19-15(21)17(9-11-18-12-10-17)20(14)13-7-5-4-6-8-13/h4-8,14,18H,9-12H2,1-3H3,(H,19,21). The zero-order valence-corrected chi connectivity index (χ0v) is 13.1. The van der Waals surface area contributed by atoms with Crippen LogP contribution in [0.1, 0.15) is 33.6 Å². The first-order chi connectivity index (χ1) is 9.95. The summed E-state index contributed by atoms with van der Waals surface area (Å²) < 4.78 is 0. The number of para-hydroxylation sites is 1. The van der Waals surface area contributed by atoms with Crippen LogP contribution in [0.4, 0.5) is 5.69 Å². The lowest BCUT2D eigenvalue weighted by molar-refractivity contribution is -0.124. The van der Waals surface area contributed by atoms with Gasteiger partial charge in [0.05, 0.1) is 0 Å². The molecule has 2 aliphatic rings. The third-order valence-electron chi connectivity index (χ3n) is 4.70. The van der Waals surface area contributed by atoms with Crippen LogP contribution in [0.5, 0.6) is 0 Å². The number of anilines is 1. The fourth-order valence-corrected chi connectivity index (χ4v) is 3.58. The van der Waals surface area contributed by atoms with E-state index in [1.807, 2.05) is 18.2 Å². The van der Waals surface area contributed by atoms with E-state index in [4.69, 9.17) is 0 Å². The van der Waals surface area contributed by atoms with Crippen molar-refractivity contribution in [2.45, 2.75) is 45.3 Å². The highest BCUT2D eigenvalue weighted by molar-refractivity contribution is 5.94. The fraction of sp³-hybridized carbons (Fsp3) is 0.588. The Labute approximate surface area is 126 Å². The minimum atomic E-state index is -0.398. The van der Waals surface area contributed by atoms with Gasteiger partial charge in [-0.05, 0) is 38.1 Å². The summed E-state index contributed by atoms with van der Waals surface area (Å²) in [5.41, 5.74) is 0.724. The molecule has 0 aliphatic carbocycles. The van der Waals surface area contributed by atoms with Crippen LogP contribution in [0.2, 0.25) is 0 Å². The van der Waals surface area contributed by atoms with E-state index in [0.717, 1.165) is 31.6 Å². The summed E-state index contributed by atoms with van der Waals surface area (Å²) in [6.07, 6.45) is 1.76. The summed E-state index contributed by atoms with van der Waals surface area (Å²) in [7, 11) is 0. The molecule has 0 radical (unpaired) electrons. The van der Waals surface area contributed by atoms with Gasteiger partial charge in [-0.15, -0.1) is 0 Å². The van der Waals surface area contributed by atoms with Crippen molar-refractivity contribution in [3.05, 3.63) is 30.3 Å². The van der Waals surface area contributed by atoms with Gasteiger partial charge in [-0.2, -0.15) is 0 Å². The molecule has 4 nitrogen and oxygen atoms in total. The number of carbonyl (C=O) groups is 1. The molecule has 1 atom stereocenters. The molecule has 0 saturated carbocycles. The molecule has 0 bridgehead atoms. The van der Waals surface area contributed by atoms with Gasteiger partial charge in [0.1, 0.15) is 11.7 Å². The molecule has 114 valence electrons. The molecular weight excluding hydrogens is 262 g/mol. The van der Waals surface area contributed by atoms with Gasteiger partial charge in [-0.3, -0.25) is 4.79 Å². The van der Waals surface area contributed by atoms with Crippen LogP contribution in [0.3, 0.4) is 0 Å². The number of hydrogen-bond acceptors (Lipinski definition) is 3. The van der Waals surface area contributed by atoms with Crippen molar-refractivity contribution in [3.63, 3.8) is 0 Å². The maximum absolute atomic E-state index is 12.8. The first kappa shape index (κ1) is 14.4. The SMILES string of the molecule is CC(C)(C)C1NC(=O)C2(CCNCC2)N1c1ccccc1. The third-order valence-corrected chi connectivity index (χ3v) is 4.70. The van der Waals surface area contributed by atoms with Gasteiger partial charge in [0.15, 0.2) is 0 Å². The quantitative estimate of drug-likeness (QED) is 0.831. The van der Waals surface area contributed by atoms with E-state index in [0.29, 0.717) is 0 Å². The Hall–Kier alpha value is -1.55. The van der Waals surface area contributed by atoms with Gasteiger partial charge in [-0.25, -0.2) is 0 Å². The monoisotopic (exact) mass is 287 g/mol. The zero-order valence-electron chi connectivity index (χ0n) is 13.1. The Morgan fingerprint density at radius 3 is 2.33 bits per heavy atom. The van der Waals surface area contributed by atoms with E-state index >= 15 is 0 Å². The highest BCUT2D eigenvalue weighted by Crippen LogP contribution is 2.41. The summed E-state index contributed by atoms with van der Waals surface area (Å²) in [6, 6.07) is 10.3. The molecule has 0 aromatic heterocycles. The summed E-state index contributed by atoms with van der Waals surface area (Å²) in [6.45, 7) is 8.36. The number of hydrogen-bond donors (Lipinski definition) is 2. The molecule has 1 aromatic rings. The van der Waals surface area contributed by atoms with E-state index in [1.165, 1.54) is 0 Å². The molecular formula is C17H25N3O. The number of nitrogens with one attached hydrogen (secondary N) is 2. The summed E-state index contributed by atoms with van der Waals surface area (Å²) in [4.78, 5) is 15.2. The Kier molecular flexibility index (Phi) is 3.44. The van der Waals surface area contributed by atoms with Crippen LogP contribution in [0.25, 0.3) is 0 Å². The van der Waals surface area contributed by atoms with Crippen LogP contribution in [0, 0.1) is 5.41 Å². The summed E-state index contributed by atoms with van der Waals surface area (Å²) >= 11 is 0. The minimum Gasteiger partial charge on any atom is -0.336 e. The molecule has 3 rings (SSSR count). The number of benzene rings is 1. The molecule has 1 spiro atoms. The number of carbonyl (C=O) groups excluding carboxylic acids is 1. The highest BCUT2D eigenvalue weighted by atomic mass is 16.2. The Morgan fingerprint density at radius 1 is 1.14 bits per heavy atom. The fourth-order valence-electron chi connectivity index (χ4n) is 3.58. The molecule has 2 aliphatic heterocycles. The molecule has 2 N–H and O–H groups in total. The van der Waals surface area contributed by atoms with Crippen LogP contribution >= 0.6 is 0 Å². The van der Waals surface area contributed by atoms with E-state index in [-0.39, 0.29) is 17.5 Å². The van der Waals surface area contributed by atoms with Crippen molar-refractivity contribution >= 4 is 11.6 Å². The van der Waals surface area contributed by atoms with Gasteiger partial charge in [0.25, 0.3) is 0 Å². The Morgan fingerprint density at radius 2 is 1.76 bits per heavy atom. The van der Waals surface area contributed by atoms with E-state index in [1.54, 1.807) is 0 Å². The van der Waals surface area contributed by atoms with Gasteiger partial charge in [0, 0.05) is 11.1 Å². The second-order valence-electron chi connectivity index (χ2n) is 7.23. The van der Waals surface area contributed by atoms with Crippen molar-refractivity contribution < 1.29 is 4.79 Å². The third kappa shape index (κ3) is 2.31. The molecule has 2 heterocycles. The van der Waals surface area contributed by atoms with Crippen molar-refractivity contribution in [1.82, 2.24) is 10.6 Å². The molecule has 1 amide bonds. The van der Waals surface area contributed by atoms with Crippen molar-refractivity contribution in [1.29, 1.82) is 0 Å². The summed E-state index contributed by atoms with van der Waals surface area (Å²) in [5, 5.41) is 6.64. The number of nitrogens with zero attached hydrogens (tertiary/aromatic N) is 1. The largest absolute Gasteiger partial charge is 0.336 e.